The van der Waals surface area contributed by atoms with Gasteiger partial charge in [-0.15, -0.1) is 0 Å². The van der Waals surface area contributed by atoms with Gasteiger partial charge in [-0.2, -0.15) is 4.68 Å². The third-order valence-corrected chi connectivity index (χ3v) is 2.65. The first kappa shape index (κ1) is 16.5. The molecule has 0 bridgehead atoms. The van der Waals surface area contributed by atoms with E-state index >= 15 is 0 Å². The lowest BCUT2D eigenvalue weighted by Gasteiger charge is -2.03. The number of aromatic nitrogens is 2. The van der Waals surface area contributed by atoms with Gasteiger partial charge in [-0.05, 0) is 18.3 Å². The van der Waals surface area contributed by atoms with Crippen LogP contribution in [0.3, 0.4) is 0 Å². The molecule has 1 amide bonds. The molecule has 0 aliphatic rings. The Morgan fingerprint density at radius 2 is 2.05 bits per heavy atom. The third-order valence-electron chi connectivity index (χ3n) is 2.65. The summed E-state index contributed by atoms with van der Waals surface area (Å²) in [4.78, 5) is 31.4. The van der Waals surface area contributed by atoms with Crippen LogP contribution in [0.4, 0.5) is 11.5 Å². The van der Waals surface area contributed by atoms with Crippen molar-refractivity contribution >= 4 is 17.4 Å². The molecule has 0 saturated carbocycles. The number of nitrogens with one attached hydrogen (secondary N) is 1. The minimum absolute atomic E-state index is 0.0428. The molecule has 0 aliphatic carbocycles. The number of hydrogen-bond acceptors (Lipinski definition) is 7. The van der Waals surface area contributed by atoms with Crippen LogP contribution in [0.25, 0.3) is 0 Å². The molecule has 1 heterocycles. The van der Waals surface area contributed by atoms with Crippen LogP contribution < -0.4 is 5.32 Å². The quantitative estimate of drug-likeness (QED) is 0.409. The lowest BCUT2D eigenvalue weighted by atomic mass is 10.4. The van der Waals surface area contributed by atoms with Crippen molar-refractivity contribution in [3.63, 3.8) is 0 Å². The van der Waals surface area contributed by atoms with Gasteiger partial charge in [0.05, 0.1) is 10.0 Å². The Morgan fingerprint density at radius 1 is 1.38 bits per heavy atom. The molecular formula is C10H15N5O6. The van der Waals surface area contributed by atoms with Gasteiger partial charge in [0.15, 0.2) is 0 Å². The van der Waals surface area contributed by atoms with Gasteiger partial charge in [-0.1, -0.05) is 0 Å². The summed E-state index contributed by atoms with van der Waals surface area (Å²) in [5.74, 6) is -1.31. The molecule has 1 rings (SSSR count). The standard InChI is InChI=1S/C10H15N5O6/c1-7-9(14(17)18)10(15(19)20)12-13(7)6-8(16)11-4-3-5-21-2/h3-6H2,1-2H3,(H,11,16). The largest absolute Gasteiger partial charge is 0.468 e. The minimum Gasteiger partial charge on any atom is -0.385 e. The van der Waals surface area contributed by atoms with Crippen molar-refractivity contribution in [3.05, 3.63) is 25.9 Å². The molecule has 1 N–H and O–H groups in total. The lowest BCUT2D eigenvalue weighted by molar-refractivity contribution is -0.424. The molecule has 0 atom stereocenters. The van der Waals surface area contributed by atoms with Crippen LogP contribution in [0.2, 0.25) is 0 Å². The van der Waals surface area contributed by atoms with Crippen molar-refractivity contribution in [2.24, 2.45) is 0 Å². The van der Waals surface area contributed by atoms with E-state index in [0.29, 0.717) is 19.6 Å². The Morgan fingerprint density at radius 3 is 2.52 bits per heavy atom. The van der Waals surface area contributed by atoms with Gasteiger partial charge in [-0.3, -0.25) is 14.9 Å². The molecule has 21 heavy (non-hydrogen) atoms. The zero-order valence-corrected chi connectivity index (χ0v) is 11.6. The summed E-state index contributed by atoms with van der Waals surface area (Å²) < 4.78 is 5.76. The van der Waals surface area contributed by atoms with Crippen LogP contribution in [-0.2, 0) is 16.1 Å². The minimum atomic E-state index is -0.946. The Hall–Kier alpha value is -2.56. The normalized spacial score (nSPS) is 10.4. The summed E-state index contributed by atoms with van der Waals surface area (Å²) in [5, 5.41) is 27.6. The van der Waals surface area contributed by atoms with Crippen LogP contribution in [0.1, 0.15) is 12.1 Å². The Bertz CT molecular complexity index is 554. The number of ether oxygens (including phenoxy) is 1. The molecule has 0 unspecified atom stereocenters. The maximum absolute atomic E-state index is 11.6. The van der Waals surface area contributed by atoms with Crippen molar-refractivity contribution in [2.75, 3.05) is 20.3 Å². The summed E-state index contributed by atoms with van der Waals surface area (Å²) in [7, 11) is 1.53. The average Bonchev–Trinajstić information content (AvgIpc) is 2.72. The highest BCUT2D eigenvalue weighted by atomic mass is 16.6. The van der Waals surface area contributed by atoms with E-state index in [1.807, 2.05) is 0 Å². The molecule has 1 aromatic rings. The van der Waals surface area contributed by atoms with Gasteiger partial charge in [0.1, 0.15) is 12.2 Å². The van der Waals surface area contributed by atoms with E-state index in [4.69, 9.17) is 4.74 Å². The second kappa shape index (κ2) is 7.28. The number of carbonyl (C=O) groups is 1. The molecule has 0 saturated heterocycles. The molecule has 116 valence electrons. The van der Waals surface area contributed by atoms with Gasteiger partial charge in [0, 0.05) is 20.3 Å². The molecule has 0 spiro atoms. The lowest BCUT2D eigenvalue weighted by Crippen LogP contribution is -2.29. The monoisotopic (exact) mass is 301 g/mol. The number of amides is 1. The Labute approximate surface area is 119 Å². The van der Waals surface area contributed by atoms with Crippen LogP contribution in [0.15, 0.2) is 0 Å². The highest BCUT2D eigenvalue weighted by Crippen LogP contribution is 2.28. The number of carbonyl (C=O) groups excluding carboxylic acids is 1. The predicted octanol–water partition coefficient (Wildman–Crippen LogP) is 0.161. The second-order valence-electron chi connectivity index (χ2n) is 4.13. The number of methoxy groups -OCH3 is 1. The number of nitro groups is 2. The van der Waals surface area contributed by atoms with Gasteiger partial charge < -0.3 is 20.2 Å². The smallest absolute Gasteiger partial charge is 0.385 e. The van der Waals surface area contributed by atoms with Crippen LogP contribution in [0, 0.1) is 27.2 Å². The fourth-order valence-corrected chi connectivity index (χ4v) is 1.65. The summed E-state index contributed by atoms with van der Waals surface area (Å²) in [6.07, 6.45) is 0.612. The van der Waals surface area contributed by atoms with Gasteiger partial charge >= 0.3 is 11.5 Å². The predicted molar refractivity (Wildman–Crippen MR) is 69.8 cm³/mol. The van der Waals surface area contributed by atoms with E-state index < -0.39 is 27.3 Å². The van der Waals surface area contributed by atoms with Gasteiger partial charge in [-0.25, -0.2) is 0 Å². The maximum atomic E-state index is 11.6. The molecule has 0 fully saturated rings. The fourth-order valence-electron chi connectivity index (χ4n) is 1.65. The highest BCUT2D eigenvalue weighted by Gasteiger charge is 2.35. The Balaban J connectivity index is 2.80. The van der Waals surface area contributed by atoms with Crippen LogP contribution >= 0.6 is 0 Å². The van der Waals surface area contributed by atoms with Crippen molar-refractivity contribution < 1.29 is 19.4 Å². The van der Waals surface area contributed by atoms with Gasteiger partial charge in [0.25, 0.3) is 0 Å². The molecule has 11 heteroatoms. The van der Waals surface area contributed by atoms with Crippen molar-refractivity contribution in [1.29, 1.82) is 0 Å². The molecule has 0 radical (unpaired) electrons. The molecule has 1 aromatic heterocycles. The number of rotatable bonds is 8. The van der Waals surface area contributed by atoms with E-state index in [-0.39, 0.29) is 12.2 Å². The van der Waals surface area contributed by atoms with E-state index in [1.165, 1.54) is 14.0 Å². The fraction of sp³-hybridized carbons (Fsp3) is 0.600. The molecule has 0 aliphatic heterocycles. The SMILES string of the molecule is COCCCNC(=O)Cn1nc([N+](=O)[O-])c([N+](=O)[O-])c1C. The van der Waals surface area contributed by atoms with Crippen molar-refractivity contribution in [1.82, 2.24) is 15.1 Å². The number of hydrogen-bond donors (Lipinski definition) is 1. The zero-order chi connectivity index (χ0) is 16.0. The number of nitrogens with zero attached hydrogens (tertiary/aromatic N) is 4. The Kier molecular flexibility index (Phi) is 5.72. The highest BCUT2D eigenvalue weighted by molar-refractivity contribution is 5.76. The van der Waals surface area contributed by atoms with Crippen LogP contribution in [0.5, 0.6) is 0 Å². The zero-order valence-electron chi connectivity index (χ0n) is 11.6. The van der Waals surface area contributed by atoms with E-state index in [2.05, 4.69) is 10.4 Å². The molecular weight excluding hydrogens is 286 g/mol. The topological polar surface area (TPSA) is 142 Å². The summed E-state index contributed by atoms with van der Waals surface area (Å²) in [5.41, 5.74) is -0.745. The third kappa shape index (κ3) is 4.21. The second-order valence-corrected chi connectivity index (χ2v) is 4.13. The summed E-state index contributed by atoms with van der Waals surface area (Å²) >= 11 is 0. The van der Waals surface area contributed by atoms with Gasteiger partial charge in [0.2, 0.25) is 5.91 Å². The first-order valence-corrected chi connectivity index (χ1v) is 6.00. The van der Waals surface area contributed by atoms with E-state index in [9.17, 15) is 25.0 Å². The van der Waals surface area contributed by atoms with Crippen molar-refractivity contribution in [2.45, 2.75) is 19.9 Å². The first-order chi connectivity index (χ1) is 9.88. The van der Waals surface area contributed by atoms with Crippen molar-refractivity contribution in [3.8, 4) is 0 Å². The summed E-state index contributed by atoms with van der Waals surface area (Å²) in [6.45, 7) is 1.83. The maximum Gasteiger partial charge on any atom is 0.468 e. The van der Waals surface area contributed by atoms with E-state index in [1.54, 1.807) is 0 Å². The average molecular weight is 301 g/mol. The molecule has 0 aromatic carbocycles. The van der Waals surface area contributed by atoms with E-state index in [0.717, 1.165) is 4.68 Å². The molecule has 11 nitrogen and oxygen atoms in total. The summed E-state index contributed by atoms with van der Waals surface area (Å²) in [6, 6.07) is 0. The first-order valence-electron chi connectivity index (χ1n) is 6.00. The van der Waals surface area contributed by atoms with Crippen LogP contribution in [-0.4, -0.2) is 45.8 Å².